The summed E-state index contributed by atoms with van der Waals surface area (Å²) in [6, 6.07) is 1.63. The molecule has 0 aromatic carbocycles. The van der Waals surface area contributed by atoms with Crippen molar-refractivity contribution in [1.29, 1.82) is 0 Å². The fourth-order valence-corrected chi connectivity index (χ4v) is 2.85. The molecule has 1 aliphatic carbocycles. The highest BCUT2D eigenvalue weighted by molar-refractivity contribution is 4.91. The molecule has 15 heavy (non-hydrogen) atoms. The van der Waals surface area contributed by atoms with Crippen molar-refractivity contribution in [2.24, 2.45) is 5.41 Å². The highest BCUT2D eigenvalue weighted by Crippen LogP contribution is 2.32. The van der Waals surface area contributed by atoms with Crippen LogP contribution in [0.2, 0.25) is 0 Å². The zero-order valence-electron chi connectivity index (χ0n) is 10.6. The van der Waals surface area contributed by atoms with Crippen LogP contribution in [0.25, 0.3) is 0 Å². The average molecular weight is 210 g/mol. The molecule has 1 saturated carbocycles. The van der Waals surface area contributed by atoms with Crippen LogP contribution in [-0.4, -0.2) is 37.1 Å². The summed E-state index contributed by atoms with van der Waals surface area (Å²) in [5, 5.41) is 3.65. The number of nitrogens with zero attached hydrogens (tertiary/aromatic N) is 1. The zero-order chi connectivity index (χ0) is 10.9. The van der Waals surface area contributed by atoms with Gasteiger partial charge < -0.3 is 10.2 Å². The zero-order valence-corrected chi connectivity index (χ0v) is 10.6. The average Bonchev–Trinajstić information content (AvgIpc) is 2.38. The second-order valence-electron chi connectivity index (χ2n) is 6.10. The summed E-state index contributed by atoms with van der Waals surface area (Å²) in [5.74, 6) is 0. The lowest BCUT2D eigenvalue weighted by molar-refractivity contribution is 0.145. The third-order valence-electron chi connectivity index (χ3n) is 4.57. The van der Waals surface area contributed by atoms with Gasteiger partial charge in [0.25, 0.3) is 0 Å². The Labute approximate surface area is 94.4 Å². The number of rotatable bonds is 4. The summed E-state index contributed by atoms with van der Waals surface area (Å²) >= 11 is 0. The molecule has 2 nitrogen and oxygen atoms in total. The van der Waals surface area contributed by atoms with Crippen molar-refractivity contribution in [3.05, 3.63) is 0 Å². The van der Waals surface area contributed by atoms with Gasteiger partial charge in [-0.15, -0.1) is 0 Å². The maximum atomic E-state index is 3.65. The van der Waals surface area contributed by atoms with Gasteiger partial charge in [0.15, 0.2) is 0 Å². The first kappa shape index (κ1) is 11.4. The monoisotopic (exact) mass is 210 g/mol. The molecule has 1 N–H and O–H groups in total. The molecule has 0 aromatic rings. The molecule has 1 unspecified atom stereocenters. The Kier molecular flexibility index (Phi) is 3.36. The van der Waals surface area contributed by atoms with Gasteiger partial charge in [0.05, 0.1) is 0 Å². The normalized spacial score (nSPS) is 30.8. The van der Waals surface area contributed by atoms with E-state index in [9.17, 15) is 0 Å². The maximum absolute atomic E-state index is 3.65. The molecule has 2 heteroatoms. The maximum Gasteiger partial charge on any atom is 0.0131 e. The first-order chi connectivity index (χ1) is 7.09. The van der Waals surface area contributed by atoms with Gasteiger partial charge in [0.2, 0.25) is 0 Å². The summed E-state index contributed by atoms with van der Waals surface area (Å²) < 4.78 is 0. The molecule has 0 bridgehead atoms. The standard InChI is InChI=1S/C13H26N2/c1-13(2)8-9-14-12(13)7-10-15(3)11-5-4-6-11/h11-12,14H,4-10H2,1-3H3. The third-order valence-corrected chi connectivity index (χ3v) is 4.57. The molecule has 0 aromatic heterocycles. The Morgan fingerprint density at radius 3 is 2.53 bits per heavy atom. The van der Waals surface area contributed by atoms with E-state index in [4.69, 9.17) is 0 Å². The molecule has 1 heterocycles. The van der Waals surface area contributed by atoms with Crippen molar-refractivity contribution in [2.75, 3.05) is 20.1 Å². The van der Waals surface area contributed by atoms with Crippen molar-refractivity contribution in [3.63, 3.8) is 0 Å². The minimum absolute atomic E-state index is 0.514. The lowest BCUT2D eigenvalue weighted by atomic mass is 9.83. The first-order valence-electron chi connectivity index (χ1n) is 6.53. The summed E-state index contributed by atoms with van der Waals surface area (Å²) in [4.78, 5) is 2.57. The van der Waals surface area contributed by atoms with Crippen LogP contribution in [0, 0.1) is 5.41 Å². The largest absolute Gasteiger partial charge is 0.313 e. The number of hydrogen-bond donors (Lipinski definition) is 1. The predicted octanol–water partition coefficient (Wildman–Crippen LogP) is 2.25. The van der Waals surface area contributed by atoms with Crippen LogP contribution in [0.4, 0.5) is 0 Å². The molecule has 1 atom stereocenters. The summed E-state index contributed by atoms with van der Waals surface area (Å²) in [6.45, 7) is 7.29. The molecule has 1 aliphatic heterocycles. The van der Waals surface area contributed by atoms with Gasteiger partial charge in [-0.2, -0.15) is 0 Å². The van der Waals surface area contributed by atoms with E-state index in [-0.39, 0.29) is 0 Å². The Bertz CT molecular complexity index is 209. The van der Waals surface area contributed by atoms with Crippen molar-refractivity contribution >= 4 is 0 Å². The molecule has 1 saturated heterocycles. The lowest BCUT2D eigenvalue weighted by Crippen LogP contribution is -2.41. The highest BCUT2D eigenvalue weighted by atomic mass is 15.1. The molecule has 88 valence electrons. The highest BCUT2D eigenvalue weighted by Gasteiger charge is 2.34. The first-order valence-corrected chi connectivity index (χ1v) is 6.53. The Balaban J connectivity index is 1.72. The Hall–Kier alpha value is -0.0800. The fourth-order valence-electron chi connectivity index (χ4n) is 2.85. The van der Waals surface area contributed by atoms with Gasteiger partial charge in [-0.1, -0.05) is 20.3 Å². The predicted molar refractivity (Wildman–Crippen MR) is 65.1 cm³/mol. The van der Waals surface area contributed by atoms with Crippen molar-refractivity contribution in [2.45, 2.75) is 58.0 Å². The smallest absolute Gasteiger partial charge is 0.0131 e. The van der Waals surface area contributed by atoms with Gasteiger partial charge >= 0.3 is 0 Å². The molecular formula is C13H26N2. The van der Waals surface area contributed by atoms with Crippen LogP contribution in [0.1, 0.15) is 46.0 Å². The van der Waals surface area contributed by atoms with E-state index in [1.807, 2.05) is 0 Å². The molecular weight excluding hydrogens is 184 g/mol. The second kappa shape index (κ2) is 4.42. The van der Waals surface area contributed by atoms with E-state index in [0.29, 0.717) is 5.41 Å². The van der Waals surface area contributed by atoms with Crippen molar-refractivity contribution in [1.82, 2.24) is 10.2 Å². The van der Waals surface area contributed by atoms with Gasteiger partial charge in [-0.3, -0.25) is 0 Å². The van der Waals surface area contributed by atoms with E-state index in [0.717, 1.165) is 12.1 Å². The Morgan fingerprint density at radius 1 is 1.33 bits per heavy atom. The van der Waals surface area contributed by atoms with Gasteiger partial charge in [-0.05, 0) is 51.2 Å². The minimum Gasteiger partial charge on any atom is -0.313 e. The summed E-state index contributed by atoms with van der Waals surface area (Å²) in [5.41, 5.74) is 0.514. The van der Waals surface area contributed by atoms with Crippen LogP contribution in [0.3, 0.4) is 0 Å². The molecule has 2 aliphatic rings. The number of hydrogen-bond acceptors (Lipinski definition) is 2. The minimum atomic E-state index is 0.514. The fraction of sp³-hybridized carbons (Fsp3) is 1.00. The molecule has 0 radical (unpaired) electrons. The Morgan fingerprint density at radius 2 is 2.07 bits per heavy atom. The summed E-state index contributed by atoms with van der Waals surface area (Å²) in [6.07, 6.45) is 6.96. The van der Waals surface area contributed by atoms with Crippen LogP contribution < -0.4 is 5.32 Å². The van der Waals surface area contributed by atoms with Crippen LogP contribution in [0.15, 0.2) is 0 Å². The number of nitrogens with one attached hydrogen (secondary N) is 1. The second-order valence-corrected chi connectivity index (χ2v) is 6.10. The van der Waals surface area contributed by atoms with E-state index >= 15 is 0 Å². The third kappa shape index (κ3) is 2.54. The van der Waals surface area contributed by atoms with E-state index in [2.05, 4.69) is 31.1 Å². The van der Waals surface area contributed by atoms with Crippen LogP contribution in [0.5, 0.6) is 0 Å². The van der Waals surface area contributed by atoms with E-state index < -0.39 is 0 Å². The van der Waals surface area contributed by atoms with Gasteiger partial charge in [-0.25, -0.2) is 0 Å². The van der Waals surface area contributed by atoms with E-state index in [1.165, 1.54) is 45.2 Å². The molecule has 2 rings (SSSR count). The molecule has 0 amide bonds. The van der Waals surface area contributed by atoms with Crippen molar-refractivity contribution < 1.29 is 0 Å². The topological polar surface area (TPSA) is 15.3 Å². The molecule has 0 spiro atoms. The SMILES string of the molecule is CN(CCC1NCCC1(C)C)C1CCC1. The van der Waals surface area contributed by atoms with E-state index in [1.54, 1.807) is 0 Å². The summed E-state index contributed by atoms with van der Waals surface area (Å²) in [7, 11) is 2.30. The van der Waals surface area contributed by atoms with Gasteiger partial charge in [0, 0.05) is 12.1 Å². The van der Waals surface area contributed by atoms with Gasteiger partial charge in [0.1, 0.15) is 0 Å². The molecule has 2 fully saturated rings. The van der Waals surface area contributed by atoms with Crippen LogP contribution >= 0.6 is 0 Å². The van der Waals surface area contributed by atoms with Crippen molar-refractivity contribution in [3.8, 4) is 0 Å². The quantitative estimate of drug-likeness (QED) is 0.765. The van der Waals surface area contributed by atoms with Crippen LogP contribution in [-0.2, 0) is 0 Å². The lowest BCUT2D eigenvalue weighted by Gasteiger charge is -2.36.